The van der Waals surface area contributed by atoms with Crippen molar-refractivity contribution in [1.29, 1.82) is 0 Å². The van der Waals surface area contributed by atoms with Gasteiger partial charge in [0.25, 0.3) is 5.91 Å². The summed E-state index contributed by atoms with van der Waals surface area (Å²) in [7, 11) is 3.25. The first-order chi connectivity index (χ1) is 23.4. The number of rotatable bonds is 13. The molecule has 0 aliphatic rings. The zero-order valence-corrected chi connectivity index (χ0v) is 27.8. The number of benzene rings is 4. The van der Waals surface area contributed by atoms with E-state index >= 15 is 0 Å². The van der Waals surface area contributed by atoms with Gasteiger partial charge in [0.15, 0.2) is 6.61 Å². The molecule has 0 aliphatic carbocycles. The molecule has 5 amide bonds. The van der Waals surface area contributed by atoms with Gasteiger partial charge in [0, 0.05) is 31.2 Å². The molecule has 0 aliphatic heterocycles. The van der Waals surface area contributed by atoms with Crippen LogP contribution in [0.25, 0.3) is 0 Å². The second-order valence-corrected chi connectivity index (χ2v) is 11.3. The van der Waals surface area contributed by atoms with E-state index in [-0.39, 0.29) is 30.4 Å². The minimum atomic E-state index is -1.01. The lowest BCUT2D eigenvalue weighted by Crippen LogP contribution is -2.46. The van der Waals surface area contributed by atoms with Crippen LogP contribution in [0.1, 0.15) is 16.7 Å². The first kappa shape index (κ1) is 35.7. The Balaban J connectivity index is 1.52. The maximum atomic E-state index is 13.7. The molecule has 0 fully saturated rings. The number of carboxylic acid groups (broad SMARTS) is 1. The molecule has 0 bridgehead atoms. The van der Waals surface area contributed by atoms with Crippen LogP contribution in [0.2, 0.25) is 0 Å². The summed E-state index contributed by atoms with van der Waals surface area (Å²) in [6.07, 6.45) is -0.217. The molecule has 0 heterocycles. The Morgan fingerprint density at radius 3 is 2.18 bits per heavy atom. The number of carbonyl (C=O) groups is 5. The summed E-state index contributed by atoms with van der Waals surface area (Å²) in [4.78, 5) is 68.4. The van der Waals surface area contributed by atoms with Crippen molar-refractivity contribution in [2.45, 2.75) is 20.3 Å². The second-order valence-electron chi connectivity index (χ2n) is 11.3. The lowest BCUT2D eigenvalue weighted by atomic mass is 10.1. The van der Waals surface area contributed by atoms with Crippen LogP contribution >= 0.6 is 0 Å². The van der Waals surface area contributed by atoms with E-state index in [1.165, 1.54) is 20.8 Å². The standard InChI is InChI=1S/C37H39N5O7/c1-25-17-18-26(2)31(19-25)41(4)35(45)24-49-32-16-9-8-15-30(32)42(23-34(44)40(3)29-13-6-5-7-14-29)33(43)22-38-37(48)39-28-12-10-11-27(20-28)21-36(46)47/h5-20H,21-24H2,1-4H3,(H,46,47)(H2,38,39,48). The number of para-hydroxylation sites is 3. The van der Waals surface area contributed by atoms with Crippen molar-refractivity contribution in [2.24, 2.45) is 0 Å². The van der Waals surface area contributed by atoms with Gasteiger partial charge in [0.2, 0.25) is 11.8 Å². The van der Waals surface area contributed by atoms with Crippen LogP contribution in [0, 0.1) is 13.8 Å². The first-order valence-electron chi connectivity index (χ1n) is 15.5. The fourth-order valence-corrected chi connectivity index (χ4v) is 4.96. The minimum absolute atomic E-state index is 0.188. The molecule has 254 valence electrons. The molecule has 0 spiro atoms. The molecule has 12 nitrogen and oxygen atoms in total. The molecule has 4 aromatic rings. The van der Waals surface area contributed by atoms with Gasteiger partial charge < -0.3 is 30.3 Å². The highest BCUT2D eigenvalue weighted by atomic mass is 16.5. The van der Waals surface area contributed by atoms with E-state index in [0.717, 1.165) is 16.8 Å². The number of ether oxygens (including phenoxy) is 1. The second kappa shape index (κ2) is 16.6. The number of nitrogens with zero attached hydrogens (tertiary/aromatic N) is 3. The van der Waals surface area contributed by atoms with Crippen LogP contribution < -0.4 is 30.1 Å². The molecule has 0 atom stereocenters. The van der Waals surface area contributed by atoms with Crippen LogP contribution in [-0.4, -0.2) is 68.6 Å². The highest BCUT2D eigenvalue weighted by Gasteiger charge is 2.25. The first-order valence-corrected chi connectivity index (χ1v) is 15.5. The molecule has 3 N–H and O–H groups in total. The summed E-state index contributed by atoms with van der Waals surface area (Å²) in [6, 6.07) is 26.9. The highest BCUT2D eigenvalue weighted by Crippen LogP contribution is 2.29. The molecular weight excluding hydrogens is 626 g/mol. The number of urea groups is 1. The Morgan fingerprint density at radius 2 is 1.45 bits per heavy atom. The molecule has 0 radical (unpaired) electrons. The third kappa shape index (κ3) is 9.91. The quantitative estimate of drug-likeness (QED) is 0.186. The number of anilines is 4. The number of hydrogen-bond acceptors (Lipinski definition) is 6. The maximum Gasteiger partial charge on any atom is 0.319 e. The SMILES string of the molecule is Cc1ccc(C)c(N(C)C(=O)COc2ccccc2N(CC(=O)N(C)c2ccccc2)C(=O)CNC(=O)Nc2cccc(CC(=O)O)c2)c1. The van der Waals surface area contributed by atoms with E-state index in [2.05, 4.69) is 10.6 Å². The lowest BCUT2D eigenvalue weighted by molar-refractivity contribution is -0.136. The van der Waals surface area contributed by atoms with Crippen molar-refractivity contribution in [3.05, 3.63) is 114 Å². The van der Waals surface area contributed by atoms with Crippen LogP contribution in [0.3, 0.4) is 0 Å². The predicted molar refractivity (Wildman–Crippen MR) is 188 cm³/mol. The van der Waals surface area contributed by atoms with E-state index in [9.17, 15) is 24.0 Å². The molecule has 4 aromatic carbocycles. The van der Waals surface area contributed by atoms with Gasteiger partial charge >= 0.3 is 12.0 Å². The smallest absolute Gasteiger partial charge is 0.319 e. The van der Waals surface area contributed by atoms with Gasteiger partial charge in [-0.2, -0.15) is 0 Å². The molecule has 0 saturated carbocycles. The summed E-state index contributed by atoms with van der Waals surface area (Å²) in [5.41, 5.74) is 4.34. The molecule has 0 unspecified atom stereocenters. The summed E-state index contributed by atoms with van der Waals surface area (Å²) >= 11 is 0. The van der Waals surface area contributed by atoms with E-state index in [4.69, 9.17) is 9.84 Å². The van der Waals surface area contributed by atoms with Gasteiger partial charge in [-0.1, -0.05) is 54.6 Å². The fourth-order valence-electron chi connectivity index (χ4n) is 4.96. The maximum absolute atomic E-state index is 13.7. The number of aliphatic carboxylic acids is 1. The third-order valence-corrected chi connectivity index (χ3v) is 7.66. The van der Waals surface area contributed by atoms with Gasteiger partial charge in [0.1, 0.15) is 12.3 Å². The van der Waals surface area contributed by atoms with Gasteiger partial charge in [0.05, 0.1) is 18.7 Å². The Kier molecular flexibility index (Phi) is 12.1. The van der Waals surface area contributed by atoms with Crippen molar-refractivity contribution in [3.63, 3.8) is 0 Å². The van der Waals surface area contributed by atoms with E-state index in [0.29, 0.717) is 16.9 Å². The Morgan fingerprint density at radius 1 is 0.735 bits per heavy atom. The third-order valence-electron chi connectivity index (χ3n) is 7.66. The van der Waals surface area contributed by atoms with Crippen molar-refractivity contribution in [2.75, 3.05) is 53.8 Å². The normalized spacial score (nSPS) is 10.4. The molecule has 4 rings (SSSR count). The minimum Gasteiger partial charge on any atom is -0.482 e. The summed E-state index contributed by atoms with van der Waals surface area (Å²) in [5.74, 6) is -2.19. The number of carboxylic acids is 1. The zero-order chi connectivity index (χ0) is 35.5. The lowest BCUT2D eigenvalue weighted by Gasteiger charge is -2.27. The number of likely N-dealkylation sites (N-methyl/N-ethyl adjacent to an activating group) is 2. The van der Waals surface area contributed by atoms with Crippen molar-refractivity contribution in [3.8, 4) is 5.75 Å². The zero-order valence-electron chi connectivity index (χ0n) is 27.8. The molecule has 0 saturated heterocycles. The number of carbonyl (C=O) groups excluding carboxylic acids is 4. The summed E-state index contributed by atoms with van der Waals surface area (Å²) in [5, 5.41) is 14.2. The molecule has 49 heavy (non-hydrogen) atoms. The van der Waals surface area contributed by atoms with E-state index < -0.39 is 36.9 Å². The van der Waals surface area contributed by atoms with Gasteiger partial charge in [-0.15, -0.1) is 0 Å². The van der Waals surface area contributed by atoms with Crippen LogP contribution in [0.4, 0.5) is 27.5 Å². The summed E-state index contributed by atoms with van der Waals surface area (Å²) < 4.78 is 5.96. The van der Waals surface area contributed by atoms with Crippen molar-refractivity contribution >= 4 is 52.5 Å². The topological polar surface area (TPSA) is 149 Å². The number of aryl methyl sites for hydroxylation is 2. The van der Waals surface area contributed by atoms with Gasteiger partial charge in [-0.05, 0) is 73.0 Å². The van der Waals surface area contributed by atoms with Crippen molar-refractivity contribution in [1.82, 2.24) is 5.32 Å². The number of hydrogen-bond donors (Lipinski definition) is 3. The van der Waals surface area contributed by atoms with E-state index in [1.54, 1.807) is 80.8 Å². The Hall–Kier alpha value is -6.17. The Bertz CT molecular complexity index is 1830. The predicted octanol–water partition coefficient (Wildman–Crippen LogP) is 4.79. The Labute approximate surface area is 284 Å². The largest absolute Gasteiger partial charge is 0.482 e. The molecule has 0 aromatic heterocycles. The van der Waals surface area contributed by atoms with Crippen LogP contribution in [-0.2, 0) is 25.6 Å². The average Bonchev–Trinajstić information content (AvgIpc) is 3.09. The van der Waals surface area contributed by atoms with Crippen molar-refractivity contribution < 1.29 is 33.8 Å². The van der Waals surface area contributed by atoms with Crippen LogP contribution in [0.15, 0.2) is 97.1 Å². The van der Waals surface area contributed by atoms with Crippen LogP contribution in [0.5, 0.6) is 5.75 Å². The monoisotopic (exact) mass is 665 g/mol. The van der Waals surface area contributed by atoms with Gasteiger partial charge in [-0.3, -0.25) is 24.1 Å². The number of nitrogens with one attached hydrogen (secondary N) is 2. The summed E-state index contributed by atoms with van der Waals surface area (Å²) in [6.45, 7) is 2.61. The number of amides is 5. The van der Waals surface area contributed by atoms with Gasteiger partial charge in [-0.25, -0.2) is 4.79 Å². The average molecular weight is 666 g/mol. The fraction of sp³-hybridized carbons (Fsp3) is 0.216. The highest BCUT2D eigenvalue weighted by molar-refractivity contribution is 6.06. The van der Waals surface area contributed by atoms with E-state index in [1.807, 2.05) is 38.1 Å². The molecule has 12 heteroatoms. The molecular formula is C37H39N5O7.